The van der Waals surface area contributed by atoms with E-state index in [-0.39, 0.29) is 5.91 Å². The van der Waals surface area contributed by atoms with Crippen LogP contribution in [0, 0.1) is 0 Å². The minimum Gasteiger partial charge on any atom is -0.493 e. The Hall–Kier alpha value is -2.25. The average molecular weight is 331 g/mol. The van der Waals surface area contributed by atoms with Gasteiger partial charge in [-0.15, -0.1) is 21.5 Å². The van der Waals surface area contributed by atoms with E-state index in [1.807, 2.05) is 41.8 Å². The summed E-state index contributed by atoms with van der Waals surface area (Å²) in [6.45, 7) is 0.525. The van der Waals surface area contributed by atoms with Crippen LogP contribution in [0.3, 0.4) is 0 Å². The zero-order valence-corrected chi connectivity index (χ0v) is 13.2. The van der Waals surface area contributed by atoms with Gasteiger partial charge >= 0.3 is 0 Å². The van der Waals surface area contributed by atoms with Gasteiger partial charge in [0.15, 0.2) is 0 Å². The van der Waals surface area contributed by atoms with Crippen LogP contribution in [0.2, 0.25) is 0 Å². The lowest BCUT2D eigenvalue weighted by molar-refractivity contribution is 0.103. The van der Waals surface area contributed by atoms with E-state index in [0.717, 1.165) is 10.8 Å². The molecule has 5 nitrogen and oxygen atoms in total. The van der Waals surface area contributed by atoms with Gasteiger partial charge in [0.2, 0.25) is 5.13 Å². The third-order valence-corrected chi connectivity index (χ3v) is 4.53. The zero-order valence-electron chi connectivity index (χ0n) is 11.6. The molecule has 22 heavy (non-hydrogen) atoms. The van der Waals surface area contributed by atoms with E-state index in [1.54, 1.807) is 6.07 Å². The van der Waals surface area contributed by atoms with E-state index in [9.17, 15) is 4.79 Å². The normalized spacial score (nSPS) is 10.4. The fraction of sp³-hybridized carbons (Fsp3) is 0.133. The van der Waals surface area contributed by atoms with E-state index >= 15 is 0 Å². The van der Waals surface area contributed by atoms with Gasteiger partial charge in [-0.2, -0.15) is 0 Å². The largest absolute Gasteiger partial charge is 0.493 e. The first-order valence-electron chi connectivity index (χ1n) is 6.66. The zero-order chi connectivity index (χ0) is 15.2. The number of nitrogens with zero attached hydrogens (tertiary/aromatic N) is 2. The third kappa shape index (κ3) is 3.90. The fourth-order valence-corrected chi connectivity index (χ4v) is 3.08. The second-order valence-corrected chi connectivity index (χ2v) is 6.35. The molecule has 0 spiro atoms. The lowest BCUT2D eigenvalue weighted by Crippen LogP contribution is -2.09. The summed E-state index contributed by atoms with van der Waals surface area (Å²) in [5.41, 5.74) is 0. The van der Waals surface area contributed by atoms with Crippen molar-refractivity contribution < 1.29 is 9.53 Å². The number of carbonyl (C=O) groups is 1. The molecule has 1 amide bonds. The van der Waals surface area contributed by atoms with Crippen LogP contribution in [-0.2, 0) is 6.42 Å². The van der Waals surface area contributed by atoms with Gasteiger partial charge < -0.3 is 4.74 Å². The molecule has 112 valence electrons. The van der Waals surface area contributed by atoms with Crippen LogP contribution in [0.15, 0.2) is 47.8 Å². The van der Waals surface area contributed by atoms with Crippen LogP contribution in [0.1, 0.15) is 14.7 Å². The molecular weight excluding hydrogens is 318 g/mol. The number of ether oxygens (including phenoxy) is 1. The summed E-state index contributed by atoms with van der Waals surface area (Å²) >= 11 is 2.76. The Morgan fingerprint density at radius 1 is 1.14 bits per heavy atom. The van der Waals surface area contributed by atoms with Gasteiger partial charge in [0, 0.05) is 6.42 Å². The van der Waals surface area contributed by atoms with Gasteiger partial charge in [-0.05, 0) is 23.6 Å². The van der Waals surface area contributed by atoms with Gasteiger partial charge in [-0.25, -0.2) is 0 Å². The Morgan fingerprint density at radius 3 is 2.77 bits per heavy atom. The number of carbonyl (C=O) groups excluding carboxylic acids is 1. The standard InChI is InChI=1S/C15H13N3O2S2/c19-14(12-7-4-10-21-12)16-15-18-17-13(22-15)8-9-20-11-5-2-1-3-6-11/h1-7,10H,8-9H2,(H,16,18,19). The van der Waals surface area contributed by atoms with E-state index < -0.39 is 0 Å². The summed E-state index contributed by atoms with van der Waals surface area (Å²) in [4.78, 5) is 12.6. The van der Waals surface area contributed by atoms with Crippen molar-refractivity contribution in [3.63, 3.8) is 0 Å². The average Bonchev–Trinajstić information content (AvgIpc) is 3.20. The quantitative estimate of drug-likeness (QED) is 0.751. The van der Waals surface area contributed by atoms with Crippen molar-refractivity contribution in [2.75, 3.05) is 11.9 Å². The van der Waals surface area contributed by atoms with Crippen molar-refractivity contribution in [2.24, 2.45) is 0 Å². The molecule has 0 radical (unpaired) electrons. The monoisotopic (exact) mass is 331 g/mol. The van der Waals surface area contributed by atoms with Crippen LogP contribution in [0.25, 0.3) is 0 Å². The van der Waals surface area contributed by atoms with E-state index in [4.69, 9.17) is 4.74 Å². The number of hydrogen-bond donors (Lipinski definition) is 1. The van der Waals surface area contributed by atoms with Crippen molar-refractivity contribution in [1.82, 2.24) is 10.2 Å². The summed E-state index contributed by atoms with van der Waals surface area (Å²) in [5, 5.41) is 14.0. The summed E-state index contributed by atoms with van der Waals surface area (Å²) in [7, 11) is 0. The Kier molecular flexibility index (Phi) is 4.77. The summed E-state index contributed by atoms with van der Waals surface area (Å²) in [6, 6.07) is 13.2. The van der Waals surface area contributed by atoms with Gasteiger partial charge in [0.1, 0.15) is 10.8 Å². The van der Waals surface area contributed by atoms with Crippen LogP contribution in [-0.4, -0.2) is 22.7 Å². The predicted molar refractivity (Wildman–Crippen MR) is 87.8 cm³/mol. The third-order valence-electron chi connectivity index (χ3n) is 2.76. The summed E-state index contributed by atoms with van der Waals surface area (Å²) in [5.74, 6) is 0.677. The van der Waals surface area contributed by atoms with Crippen molar-refractivity contribution >= 4 is 33.7 Å². The highest BCUT2D eigenvalue weighted by Crippen LogP contribution is 2.18. The fourth-order valence-electron chi connectivity index (χ4n) is 1.74. The maximum absolute atomic E-state index is 11.9. The predicted octanol–water partition coefficient (Wildman–Crippen LogP) is 3.47. The Morgan fingerprint density at radius 2 is 2.00 bits per heavy atom. The molecule has 0 aliphatic heterocycles. The van der Waals surface area contributed by atoms with Crippen molar-refractivity contribution in [3.8, 4) is 5.75 Å². The molecule has 7 heteroatoms. The SMILES string of the molecule is O=C(Nc1nnc(CCOc2ccccc2)s1)c1cccs1. The van der Waals surface area contributed by atoms with E-state index in [1.165, 1.54) is 22.7 Å². The molecule has 2 aromatic heterocycles. The minimum absolute atomic E-state index is 0.154. The number of benzene rings is 1. The minimum atomic E-state index is -0.154. The maximum atomic E-state index is 11.9. The van der Waals surface area contributed by atoms with Crippen molar-refractivity contribution in [3.05, 3.63) is 57.7 Å². The van der Waals surface area contributed by atoms with Gasteiger partial charge in [0.05, 0.1) is 11.5 Å². The first kappa shape index (κ1) is 14.7. The summed E-state index contributed by atoms with van der Waals surface area (Å²) in [6.07, 6.45) is 0.654. The number of anilines is 1. The molecule has 3 rings (SSSR count). The molecule has 3 aromatic rings. The maximum Gasteiger partial charge on any atom is 0.267 e. The smallest absolute Gasteiger partial charge is 0.267 e. The highest BCUT2D eigenvalue weighted by molar-refractivity contribution is 7.15. The van der Waals surface area contributed by atoms with Crippen molar-refractivity contribution in [1.29, 1.82) is 0 Å². The molecule has 0 unspecified atom stereocenters. The number of hydrogen-bond acceptors (Lipinski definition) is 6. The molecule has 0 saturated carbocycles. The molecule has 2 heterocycles. The lowest BCUT2D eigenvalue weighted by atomic mass is 10.3. The Labute approximate surface area is 135 Å². The number of rotatable bonds is 6. The summed E-state index contributed by atoms with van der Waals surface area (Å²) < 4.78 is 5.61. The van der Waals surface area contributed by atoms with Gasteiger partial charge in [-0.3, -0.25) is 10.1 Å². The highest BCUT2D eigenvalue weighted by Gasteiger charge is 2.10. The molecule has 0 aliphatic carbocycles. The molecule has 0 bridgehead atoms. The number of nitrogens with one attached hydrogen (secondary N) is 1. The topological polar surface area (TPSA) is 64.1 Å². The van der Waals surface area contributed by atoms with E-state index in [0.29, 0.717) is 23.0 Å². The van der Waals surface area contributed by atoms with Crippen molar-refractivity contribution in [2.45, 2.75) is 6.42 Å². The molecule has 1 N–H and O–H groups in total. The molecule has 0 fully saturated rings. The Balaban J connectivity index is 1.50. The van der Waals surface area contributed by atoms with Gasteiger partial charge in [-0.1, -0.05) is 35.6 Å². The van der Waals surface area contributed by atoms with Crippen LogP contribution >= 0.6 is 22.7 Å². The first-order chi connectivity index (χ1) is 10.8. The first-order valence-corrected chi connectivity index (χ1v) is 8.36. The van der Waals surface area contributed by atoms with Crippen LogP contribution in [0.5, 0.6) is 5.75 Å². The van der Waals surface area contributed by atoms with Gasteiger partial charge in [0.25, 0.3) is 5.91 Å². The van der Waals surface area contributed by atoms with Crippen LogP contribution in [0.4, 0.5) is 5.13 Å². The number of aromatic nitrogens is 2. The molecule has 0 atom stereocenters. The second kappa shape index (κ2) is 7.15. The molecule has 1 aromatic carbocycles. The number of amides is 1. The number of thiophene rings is 1. The number of para-hydroxylation sites is 1. The highest BCUT2D eigenvalue weighted by atomic mass is 32.1. The van der Waals surface area contributed by atoms with Crippen LogP contribution < -0.4 is 10.1 Å². The molecule has 0 saturated heterocycles. The van der Waals surface area contributed by atoms with E-state index in [2.05, 4.69) is 15.5 Å². The Bertz CT molecular complexity index is 726. The lowest BCUT2D eigenvalue weighted by Gasteiger charge is -2.03. The molecule has 0 aliphatic rings. The molecular formula is C15H13N3O2S2. The second-order valence-electron chi connectivity index (χ2n) is 4.34.